The van der Waals surface area contributed by atoms with Crippen molar-refractivity contribution >= 4 is 23.2 Å². The largest absolute Gasteiger partial charge is 0.326 e. The Labute approximate surface area is 148 Å². The van der Waals surface area contributed by atoms with Crippen molar-refractivity contribution in [2.24, 2.45) is 7.05 Å². The van der Waals surface area contributed by atoms with Gasteiger partial charge in [-0.25, -0.2) is 9.37 Å². The maximum atomic E-state index is 14.0. The lowest BCUT2D eigenvalue weighted by atomic mass is 10.1. The fourth-order valence-corrected chi connectivity index (χ4v) is 2.39. The van der Waals surface area contributed by atoms with E-state index in [1.807, 2.05) is 6.07 Å². The Hall–Kier alpha value is -3.55. The number of carbonyl (C=O) groups is 2. The Morgan fingerprint density at radius 3 is 2.54 bits per heavy atom. The number of anilines is 2. The van der Waals surface area contributed by atoms with Crippen LogP contribution in [0.25, 0.3) is 11.4 Å². The van der Waals surface area contributed by atoms with Gasteiger partial charge in [-0.1, -0.05) is 12.1 Å². The molecule has 1 heterocycles. The van der Waals surface area contributed by atoms with E-state index >= 15 is 0 Å². The average Bonchev–Trinajstić information content (AvgIpc) is 3.03. The van der Waals surface area contributed by atoms with Gasteiger partial charge in [0.2, 0.25) is 5.91 Å². The molecule has 0 spiro atoms. The molecule has 3 aromatic rings. The predicted octanol–water partition coefficient (Wildman–Crippen LogP) is 2.83. The van der Waals surface area contributed by atoms with Gasteiger partial charge in [-0.15, -0.1) is 0 Å². The lowest BCUT2D eigenvalue weighted by Gasteiger charge is -2.09. The van der Waals surface area contributed by atoms with Gasteiger partial charge in [0.05, 0.1) is 5.56 Å². The summed E-state index contributed by atoms with van der Waals surface area (Å²) in [5, 5.41) is 9.37. The van der Waals surface area contributed by atoms with Gasteiger partial charge < -0.3 is 10.6 Å². The van der Waals surface area contributed by atoms with Crippen LogP contribution in [-0.4, -0.2) is 26.6 Å². The molecular weight excluding hydrogens is 337 g/mol. The fraction of sp³-hybridized carbons (Fsp3) is 0.111. The van der Waals surface area contributed by atoms with Crippen molar-refractivity contribution in [2.45, 2.75) is 6.92 Å². The standard InChI is InChI=1S/C18H16FN5O2/c1-11(25)21-14-6-7-16(19)15(9-14)18(26)22-13-5-3-4-12(8-13)17-20-10-24(2)23-17/h3-10H,1-2H3,(H,21,25)(H,22,26). The van der Waals surface area contributed by atoms with Crippen molar-refractivity contribution in [1.82, 2.24) is 14.8 Å². The van der Waals surface area contributed by atoms with Crippen LogP contribution in [-0.2, 0) is 11.8 Å². The van der Waals surface area contributed by atoms with Gasteiger partial charge in [-0.05, 0) is 30.3 Å². The maximum Gasteiger partial charge on any atom is 0.258 e. The Morgan fingerprint density at radius 2 is 1.85 bits per heavy atom. The number of hydrogen-bond donors (Lipinski definition) is 2. The number of aromatic nitrogens is 3. The molecule has 8 heteroatoms. The summed E-state index contributed by atoms with van der Waals surface area (Å²) in [6.07, 6.45) is 1.57. The smallest absolute Gasteiger partial charge is 0.258 e. The van der Waals surface area contributed by atoms with Crippen molar-refractivity contribution in [3.63, 3.8) is 0 Å². The summed E-state index contributed by atoms with van der Waals surface area (Å²) < 4.78 is 15.6. The van der Waals surface area contributed by atoms with Crippen molar-refractivity contribution in [3.8, 4) is 11.4 Å². The second-order valence-corrected chi connectivity index (χ2v) is 5.65. The lowest BCUT2D eigenvalue weighted by molar-refractivity contribution is -0.114. The SMILES string of the molecule is CC(=O)Nc1ccc(F)c(C(=O)Nc2cccc(-c3ncn(C)n3)c2)c1. The van der Waals surface area contributed by atoms with Gasteiger partial charge >= 0.3 is 0 Å². The molecule has 1 aromatic heterocycles. The van der Waals surface area contributed by atoms with Crippen LogP contribution < -0.4 is 10.6 Å². The molecule has 7 nitrogen and oxygen atoms in total. The summed E-state index contributed by atoms with van der Waals surface area (Å²) in [5.74, 6) is -1.10. The first-order valence-electron chi connectivity index (χ1n) is 7.77. The van der Waals surface area contributed by atoms with Gasteiger partial charge in [-0.2, -0.15) is 5.10 Å². The van der Waals surface area contributed by atoms with E-state index in [1.165, 1.54) is 19.1 Å². The molecule has 0 aliphatic carbocycles. The van der Waals surface area contributed by atoms with Crippen molar-refractivity contribution < 1.29 is 14.0 Å². The molecule has 0 radical (unpaired) electrons. The topological polar surface area (TPSA) is 88.9 Å². The Bertz CT molecular complexity index is 983. The van der Waals surface area contributed by atoms with Crippen molar-refractivity contribution in [1.29, 1.82) is 0 Å². The van der Waals surface area contributed by atoms with Crippen LogP contribution in [0.3, 0.4) is 0 Å². The fourth-order valence-electron chi connectivity index (χ4n) is 2.39. The van der Waals surface area contributed by atoms with Gasteiger partial charge in [0.1, 0.15) is 12.1 Å². The molecule has 2 aromatic carbocycles. The molecule has 0 aliphatic heterocycles. The van der Waals surface area contributed by atoms with E-state index in [0.717, 1.165) is 11.6 Å². The predicted molar refractivity (Wildman–Crippen MR) is 95.1 cm³/mol. The van der Waals surface area contributed by atoms with Gasteiger partial charge in [0.25, 0.3) is 5.91 Å². The minimum absolute atomic E-state index is 0.169. The molecule has 0 atom stereocenters. The molecular formula is C18H16FN5O2. The van der Waals surface area contributed by atoms with Crippen molar-refractivity contribution in [2.75, 3.05) is 10.6 Å². The van der Waals surface area contributed by atoms with Gasteiger partial charge in [-0.3, -0.25) is 14.3 Å². The molecule has 0 unspecified atom stereocenters. The minimum atomic E-state index is -0.681. The van der Waals surface area contributed by atoms with E-state index in [0.29, 0.717) is 17.2 Å². The summed E-state index contributed by atoms with van der Waals surface area (Å²) >= 11 is 0. The van der Waals surface area contributed by atoms with Crippen molar-refractivity contribution in [3.05, 3.63) is 60.2 Å². The van der Waals surface area contributed by atoms with E-state index in [4.69, 9.17) is 0 Å². The molecule has 2 N–H and O–H groups in total. The number of nitrogens with one attached hydrogen (secondary N) is 2. The molecule has 0 aliphatic rings. The number of aryl methyl sites for hydroxylation is 1. The first-order chi connectivity index (χ1) is 12.4. The zero-order valence-electron chi connectivity index (χ0n) is 14.2. The summed E-state index contributed by atoms with van der Waals surface area (Å²) in [6.45, 7) is 1.33. The lowest BCUT2D eigenvalue weighted by Crippen LogP contribution is -2.15. The molecule has 26 heavy (non-hydrogen) atoms. The maximum absolute atomic E-state index is 14.0. The number of carbonyl (C=O) groups excluding carboxylic acids is 2. The van der Waals surface area contributed by atoms with Crippen LogP contribution in [0.4, 0.5) is 15.8 Å². The first kappa shape index (κ1) is 17.3. The summed E-state index contributed by atoms with van der Waals surface area (Å²) in [4.78, 5) is 27.7. The van der Waals surface area contributed by atoms with Crippen LogP contribution in [0.15, 0.2) is 48.8 Å². The van der Waals surface area contributed by atoms with Crippen LogP contribution in [0.1, 0.15) is 17.3 Å². The number of hydrogen-bond acceptors (Lipinski definition) is 4. The Kier molecular flexibility index (Phi) is 4.74. The van der Waals surface area contributed by atoms with Gasteiger partial charge in [0, 0.05) is 30.9 Å². The third-order valence-corrected chi connectivity index (χ3v) is 3.51. The number of halogens is 1. The quantitative estimate of drug-likeness (QED) is 0.755. The molecule has 0 saturated heterocycles. The number of benzene rings is 2. The Balaban J connectivity index is 1.83. The summed E-state index contributed by atoms with van der Waals surface area (Å²) in [5.41, 5.74) is 1.37. The van der Waals surface area contributed by atoms with E-state index in [9.17, 15) is 14.0 Å². The number of nitrogens with zero attached hydrogens (tertiary/aromatic N) is 3. The third kappa shape index (κ3) is 3.92. The van der Waals surface area contributed by atoms with Crippen LogP contribution in [0.2, 0.25) is 0 Å². The Morgan fingerprint density at radius 1 is 1.08 bits per heavy atom. The van der Waals surface area contributed by atoms with E-state index in [-0.39, 0.29) is 11.5 Å². The highest BCUT2D eigenvalue weighted by molar-refractivity contribution is 6.05. The molecule has 0 saturated carbocycles. The zero-order chi connectivity index (χ0) is 18.7. The molecule has 132 valence electrons. The second kappa shape index (κ2) is 7.14. The average molecular weight is 353 g/mol. The summed E-state index contributed by atoms with van der Waals surface area (Å²) in [7, 11) is 1.76. The normalized spacial score (nSPS) is 10.4. The highest BCUT2D eigenvalue weighted by Gasteiger charge is 2.14. The first-order valence-corrected chi connectivity index (χ1v) is 7.77. The molecule has 0 bridgehead atoms. The summed E-state index contributed by atoms with van der Waals surface area (Å²) in [6, 6.07) is 10.7. The third-order valence-electron chi connectivity index (χ3n) is 3.51. The number of amides is 2. The van der Waals surface area contributed by atoms with Crippen LogP contribution in [0.5, 0.6) is 0 Å². The van der Waals surface area contributed by atoms with Crippen LogP contribution >= 0.6 is 0 Å². The van der Waals surface area contributed by atoms with E-state index < -0.39 is 11.7 Å². The molecule has 3 rings (SSSR count). The zero-order valence-corrected chi connectivity index (χ0v) is 14.2. The monoisotopic (exact) mass is 353 g/mol. The van der Waals surface area contributed by atoms with E-state index in [2.05, 4.69) is 20.7 Å². The molecule has 0 fully saturated rings. The second-order valence-electron chi connectivity index (χ2n) is 5.65. The van der Waals surface area contributed by atoms with Crippen LogP contribution in [0, 0.1) is 5.82 Å². The highest BCUT2D eigenvalue weighted by atomic mass is 19.1. The minimum Gasteiger partial charge on any atom is -0.326 e. The number of rotatable bonds is 4. The van der Waals surface area contributed by atoms with Gasteiger partial charge in [0.15, 0.2) is 5.82 Å². The van der Waals surface area contributed by atoms with E-state index in [1.54, 1.807) is 36.3 Å². The molecule has 2 amide bonds. The highest BCUT2D eigenvalue weighted by Crippen LogP contribution is 2.21.